The van der Waals surface area contributed by atoms with Gasteiger partial charge in [0.2, 0.25) is 0 Å². The first-order valence-electron chi connectivity index (χ1n) is 9.15. The minimum atomic E-state index is -0.147. The van der Waals surface area contributed by atoms with Crippen molar-refractivity contribution in [2.24, 2.45) is 4.99 Å². The number of rotatable bonds is 8. The maximum atomic E-state index is 12.5. The van der Waals surface area contributed by atoms with Crippen LogP contribution in [0.15, 0.2) is 51.2 Å². The highest BCUT2D eigenvalue weighted by Crippen LogP contribution is 2.39. The van der Waals surface area contributed by atoms with E-state index in [-0.39, 0.29) is 23.9 Å². The number of carbonyl (C=O) groups is 2. The Morgan fingerprint density at radius 3 is 2.33 bits per heavy atom. The Morgan fingerprint density at radius 1 is 1.07 bits per heavy atom. The predicted octanol–water partition coefficient (Wildman–Crippen LogP) is 5.38. The van der Waals surface area contributed by atoms with Gasteiger partial charge in [-0.15, -0.1) is 22.7 Å². The van der Waals surface area contributed by atoms with Crippen molar-refractivity contribution in [1.29, 1.82) is 0 Å². The van der Waals surface area contributed by atoms with Gasteiger partial charge in [-0.05, 0) is 50.8 Å². The molecule has 5 nitrogen and oxygen atoms in total. The van der Waals surface area contributed by atoms with Crippen LogP contribution < -0.4 is 0 Å². The summed E-state index contributed by atoms with van der Waals surface area (Å²) < 4.78 is 0.971. The van der Waals surface area contributed by atoms with Gasteiger partial charge in [0, 0.05) is 21.1 Å². The van der Waals surface area contributed by atoms with Crippen LogP contribution in [0.4, 0.5) is 0 Å². The molecule has 8 heteroatoms. The number of thiophene rings is 2. The van der Waals surface area contributed by atoms with Crippen molar-refractivity contribution < 1.29 is 14.7 Å². The van der Waals surface area contributed by atoms with Crippen molar-refractivity contribution in [3.8, 4) is 16.2 Å². The Bertz CT molecular complexity index is 1100. The van der Waals surface area contributed by atoms with Gasteiger partial charge < -0.3 is 10.0 Å². The van der Waals surface area contributed by atoms with Gasteiger partial charge in [-0.1, -0.05) is 28.1 Å². The first kappa shape index (κ1) is 22.6. The lowest BCUT2D eigenvalue weighted by atomic mass is 10.1. The van der Waals surface area contributed by atoms with E-state index in [2.05, 4.69) is 20.9 Å². The molecule has 3 aromatic rings. The molecule has 1 N–H and O–H groups in total. The summed E-state index contributed by atoms with van der Waals surface area (Å²) in [5.41, 5.74) is 2.14. The monoisotopic (exact) mass is 504 g/mol. The number of hydrogen-bond acceptors (Lipinski definition) is 7. The lowest BCUT2D eigenvalue weighted by Gasteiger charge is -2.06. The maximum absolute atomic E-state index is 12.5. The van der Waals surface area contributed by atoms with Crippen molar-refractivity contribution >= 4 is 55.9 Å². The van der Waals surface area contributed by atoms with Gasteiger partial charge >= 0.3 is 0 Å². The second-order valence-electron chi connectivity index (χ2n) is 6.98. The van der Waals surface area contributed by atoms with Crippen LogP contribution in [0, 0.1) is 0 Å². The molecule has 0 saturated carbocycles. The van der Waals surface area contributed by atoms with Gasteiger partial charge in [-0.3, -0.25) is 14.6 Å². The summed E-state index contributed by atoms with van der Waals surface area (Å²) in [6.07, 6.45) is 0. The first-order valence-corrected chi connectivity index (χ1v) is 11.6. The number of benzene rings is 1. The van der Waals surface area contributed by atoms with Gasteiger partial charge in [0.15, 0.2) is 11.6 Å². The number of aliphatic imine (C=N–C) groups is 1. The zero-order chi connectivity index (χ0) is 21.8. The molecule has 0 aliphatic carbocycles. The lowest BCUT2D eigenvalue weighted by Crippen LogP contribution is -2.20. The van der Waals surface area contributed by atoms with Crippen LogP contribution >= 0.6 is 38.6 Å². The number of aromatic hydroxyl groups is 1. The second kappa shape index (κ2) is 9.78. The molecule has 2 aromatic heterocycles. The highest BCUT2D eigenvalue weighted by Gasteiger charge is 2.17. The van der Waals surface area contributed by atoms with Gasteiger partial charge in [0.25, 0.3) is 0 Å². The summed E-state index contributed by atoms with van der Waals surface area (Å²) in [7, 11) is 3.66. The molecule has 0 aliphatic heterocycles. The van der Waals surface area contributed by atoms with Crippen molar-refractivity contribution in [1.82, 2.24) is 4.90 Å². The summed E-state index contributed by atoms with van der Waals surface area (Å²) in [5, 5.41) is 12.5. The Balaban J connectivity index is 1.71. The van der Waals surface area contributed by atoms with Gasteiger partial charge in [0.1, 0.15) is 12.3 Å². The molecular weight excluding hydrogens is 484 g/mol. The van der Waals surface area contributed by atoms with E-state index >= 15 is 0 Å². The molecule has 0 unspecified atom stereocenters. The molecule has 1 aromatic carbocycles. The summed E-state index contributed by atoms with van der Waals surface area (Å²) >= 11 is 6.04. The number of hydrogen-bond donors (Lipinski definition) is 1. The number of likely N-dealkylation sites (N-methyl/N-ethyl adjacent to an activating group) is 1. The fourth-order valence-corrected chi connectivity index (χ4v) is 4.91. The first-order chi connectivity index (χ1) is 14.3. The molecule has 0 atom stereocenters. The van der Waals surface area contributed by atoms with E-state index in [1.165, 1.54) is 22.7 Å². The fraction of sp³-hybridized carbons (Fsp3) is 0.227. The molecule has 3 rings (SSSR count). The van der Waals surface area contributed by atoms with Crippen molar-refractivity contribution in [2.75, 3.05) is 27.2 Å². The molecule has 0 aliphatic rings. The molecular formula is C22H21BrN2O3S2. The molecule has 0 radical (unpaired) electrons. The maximum Gasteiger partial charge on any atom is 0.194 e. The quantitative estimate of drug-likeness (QED) is 0.330. The molecule has 2 heterocycles. The molecule has 30 heavy (non-hydrogen) atoms. The fourth-order valence-electron chi connectivity index (χ4n) is 2.77. The van der Waals surface area contributed by atoms with Crippen LogP contribution in [0.25, 0.3) is 10.4 Å². The van der Waals surface area contributed by atoms with Crippen molar-refractivity contribution in [3.05, 3.63) is 61.6 Å². The standard InChI is InChI=1S/C22H21BrN2O3S2/c1-13(16-12-29-22(21(16)28)14-4-6-15(23)7-5-14)24-10-17(26)19-8-9-20(30-19)18(27)11-25(2)3/h4-9,12,28H,10-11H2,1-3H3. The third-order valence-corrected chi connectivity index (χ3v) is 7.05. The van der Waals surface area contributed by atoms with Crippen LogP contribution in [-0.4, -0.2) is 54.5 Å². The molecule has 0 bridgehead atoms. The third kappa shape index (κ3) is 5.31. The average molecular weight is 505 g/mol. The number of carbonyl (C=O) groups excluding carboxylic acids is 2. The summed E-state index contributed by atoms with van der Waals surface area (Å²) in [6, 6.07) is 11.1. The van der Waals surface area contributed by atoms with Crippen LogP contribution in [0.2, 0.25) is 0 Å². The minimum Gasteiger partial charge on any atom is -0.506 e. The van der Waals surface area contributed by atoms with Crippen LogP contribution in [-0.2, 0) is 0 Å². The third-order valence-electron chi connectivity index (χ3n) is 4.34. The number of Topliss-reactive ketones (excluding diaryl/α,β-unsaturated/α-hetero) is 2. The largest absolute Gasteiger partial charge is 0.506 e. The van der Waals surface area contributed by atoms with Crippen molar-refractivity contribution in [2.45, 2.75) is 6.92 Å². The summed E-state index contributed by atoms with van der Waals surface area (Å²) in [5.74, 6) is 0.0159. The van der Waals surface area contributed by atoms with Crippen LogP contribution in [0.1, 0.15) is 31.8 Å². The Hall–Kier alpha value is -2.13. The van der Waals surface area contributed by atoms with Crippen molar-refractivity contribution in [3.63, 3.8) is 0 Å². The normalized spacial score (nSPS) is 11.8. The highest BCUT2D eigenvalue weighted by atomic mass is 79.9. The zero-order valence-corrected chi connectivity index (χ0v) is 20.0. The summed E-state index contributed by atoms with van der Waals surface area (Å²) in [4.78, 5) is 32.6. The van der Waals surface area contributed by atoms with E-state index in [4.69, 9.17) is 0 Å². The van der Waals surface area contributed by atoms with E-state index in [0.29, 0.717) is 27.6 Å². The highest BCUT2D eigenvalue weighted by molar-refractivity contribution is 9.10. The van der Waals surface area contributed by atoms with E-state index < -0.39 is 0 Å². The van der Waals surface area contributed by atoms with Gasteiger partial charge in [-0.25, -0.2) is 0 Å². The van der Waals surface area contributed by atoms with Crippen LogP contribution in [0.3, 0.4) is 0 Å². The van der Waals surface area contributed by atoms with E-state index in [1.807, 2.05) is 43.7 Å². The second-order valence-corrected chi connectivity index (χ2v) is 9.86. The SMILES string of the molecule is CC(=NCC(=O)c1ccc(C(=O)CN(C)C)s1)c1csc(-c2ccc(Br)cc2)c1O. The molecule has 0 fully saturated rings. The lowest BCUT2D eigenvalue weighted by molar-refractivity contribution is 0.0961. The van der Waals surface area contributed by atoms with Gasteiger partial charge in [-0.2, -0.15) is 0 Å². The number of ketones is 2. The van der Waals surface area contributed by atoms with E-state index in [9.17, 15) is 14.7 Å². The number of halogens is 1. The Morgan fingerprint density at radius 2 is 1.70 bits per heavy atom. The zero-order valence-electron chi connectivity index (χ0n) is 16.8. The predicted molar refractivity (Wildman–Crippen MR) is 128 cm³/mol. The molecule has 0 saturated heterocycles. The summed E-state index contributed by atoms with van der Waals surface area (Å²) in [6.45, 7) is 2.06. The van der Waals surface area contributed by atoms with Crippen LogP contribution in [0.5, 0.6) is 5.75 Å². The smallest absolute Gasteiger partial charge is 0.194 e. The minimum absolute atomic E-state index is 0.00704. The van der Waals surface area contributed by atoms with E-state index in [0.717, 1.165) is 14.9 Å². The van der Waals surface area contributed by atoms with Gasteiger partial charge in [0.05, 0.1) is 21.2 Å². The van der Waals surface area contributed by atoms with E-state index in [1.54, 1.807) is 24.0 Å². The Labute approximate surface area is 191 Å². The topological polar surface area (TPSA) is 70.0 Å². The molecule has 156 valence electrons. The molecule has 0 spiro atoms. The average Bonchev–Trinajstić information content (AvgIpc) is 3.33. The number of nitrogens with zero attached hydrogens (tertiary/aromatic N) is 2. The molecule has 0 amide bonds. The Kier molecular flexibility index (Phi) is 7.36.